The minimum absolute atomic E-state index is 0. The third-order valence-electron chi connectivity index (χ3n) is 17.4. The molecule has 609 valence electrons. The molecule has 0 fully saturated rings. The van der Waals surface area contributed by atoms with Gasteiger partial charge in [-0.05, 0) is 143 Å². The molecule has 0 amide bonds. The van der Waals surface area contributed by atoms with Gasteiger partial charge in [0, 0.05) is 269 Å². The number of aliphatic hydroxyl groups excluding tert-OH is 2. The number of carboxylic acid groups (broad SMARTS) is 2. The molecule has 0 saturated heterocycles. The molecule has 5 heterocycles. The third kappa shape index (κ3) is 42.0. The molecule has 10 rings (SSSR count). The predicted octanol–water partition coefficient (Wildman–Crippen LogP) is 8.39. The molecule has 22 nitrogen and oxygen atoms in total. The van der Waals surface area contributed by atoms with Gasteiger partial charge in [-0.2, -0.15) is 9.13 Å². The summed E-state index contributed by atoms with van der Waals surface area (Å²) >= 11 is 0. The number of aliphatic hydroxyl groups is 2. The van der Waals surface area contributed by atoms with Crippen LogP contribution in [-0.2, 0) is 162 Å². The maximum absolute atomic E-state index is 10.7. The molecule has 5 aromatic carbocycles. The average molecular weight is 1850 g/mol. The summed E-state index contributed by atoms with van der Waals surface area (Å²) in [5, 5.41) is 39.3. The summed E-state index contributed by atoms with van der Waals surface area (Å²) in [6.07, 6.45) is 36.6. The van der Waals surface area contributed by atoms with Gasteiger partial charge in [0.1, 0.15) is 34.2 Å². The molecule has 0 unspecified atom stereocenters. The van der Waals surface area contributed by atoms with Gasteiger partial charge in [-0.25, -0.2) is 30.5 Å². The van der Waals surface area contributed by atoms with E-state index in [9.17, 15) is 45.7 Å². The van der Waals surface area contributed by atoms with Crippen LogP contribution in [0.25, 0.3) is 60.8 Å². The number of benzene rings is 5. The molecule has 0 atom stereocenters. The van der Waals surface area contributed by atoms with E-state index < -0.39 is 43.7 Å². The van der Waals surface area contributed by atoms with Crippen molar-refractivity contribution in [1.82, 2.24) is 0 Å². The molecule has 5 aromatic heterocycles. The molecule has 0 aliphatic heterocycles. The van der Waals surface area contributed by atoms with Crippen LogP contribution >= 0.6 is 0 Å². The van der Waals surface area contributed by atoms with Gasteiger partial charge >= 0.3 is 0 Å². The number of aromatic nitrogens is 5. The van der Waals surface area contributed by atoms with E-state index in [4.69, 9.17) is 10.2 Å². The minimum Gasteiger partial charge on any atom is -0.748 e. The number of carboxylic acids is 2. The van der Waals surface area contributed by atoms with Crippen LogP contribution < -0.4 is 57.5 Å². The Morgan fingerprint density at radius 1 is 0.342 bits per heavy atom. The fourth-order valence-electron chi connectivity index (χ4n) is 10.8. The van der Waals surface area contributed by atoms with Crippen LogP contribution in [0.15, 0.2) is 244 Å². The van der Waals surface area contributed by atoms with E-state index in [-0.39, 0.29) is 152 Å². The van der Waals surface area contributed by atoms with Gasteiger partial charge < -0.3 is 63.6 Å². The Balaban J connectivity index is 0.000000724. The summed E-state index contributed by atoms with van der Waals surface area (Å²) < 4.78 is 74.5. The van der Waals surface area contributed by atoms with Crippen molar-refractivity contribution in [2.75, 3.05) is 117 Å². The molecule has 27 heteroatoms. The number of hydrogen-bond acceptors (Lipinski definition) is 17. The zero-order valence-corrected chi connectivity index (χ0v) is 79.0. The second-order valence-corrected chi connectivity index (χ2v) is 29.1. The van der Waals surface area contributed by atoms with Gasteiger partial charge in [-0.15, -0.1) is 0 Å². The normalized spacial score (nSPS) is 10.8. The van der Waals surface area contributed by atoms with E-state index in [1.807, 2.05) is 296 Å². The van der Waals surface area contributed by atoms with Gasteiger partial charge in [0.05, 0.1) is 70.0 Å². The van der Waals surface area contributed by atoms with Crippen molar-refractivity contribution in [1.29, 1.82) is 0 Å². The zero-order valence-electron chi connectivity index (χ0n) is 68.9. The maximum atomic E-state index is 10.7. The van der Waals surface area contributed by atoms with Crippen molar-refractivity contribution in [2.24, 2.45) is 21.1 Å². The van der Waals surface area contributed by atoms with E-state index in [1.54, 1.807) is 47.8 Å². The smallest absolute Gasteiger partial charge is 0.205 e. The molecule has 0 aliphatic rings. The van der Waals surface area contributed by atoms with Crippen LogP contribution in [0.4, 0.5) is 28.4 Å². The third-order valence-corrected chi connectivity index (χ3v) is 18.7. The SMILES string of the molecule is CC[n+]1ccccc1/C=C/c1ccc(N(C)CCS(=O)(=O)[O-])cc1.CC[n+]1ccccc1/C=C/c1ccc(N(C)CCS(=O)(=O)[O-])cc1.CN(CC(=O)[O-])c1ccc(/C=C/c2cc[n+](C)cc2)cc1.CN(CC(=O)[O-])c1ccc(/C=C/c2cc[n+](C)cc2)cc1.C[n+]1ccc(/C=C/c2ccc(N(CCO)CCO)cc2)cc1.[CH3+].[CH3+].[Y].[Y].[Y]. The monoisotopic (exact) mass is 1850 g/mol. The number of hydrogen-bond donors (Lipinski definition) is 2. The van der Waals surface area contributed by atoms with Crippen LogP contribution in [0.3, 0.4) is 0 Å². The molecule has 0 spiro atoms. The number of aryl methyl sites for hydroxylation is 5. The Morgan fingerprint density at radius 2 is 0.573 bits per heavy atom. The number of carbonyl (C=O) groups is 2. The number of pyridine rings is 5. The van der Waals surface area contributed by atoms with Crippen molar-refractivity contribution in [3.05, 3.63) is 314 Å². The summed E-state index contributed by atoms with van der Waals surface area (Å²) in [6, 6.07) is 63.5. The van der Waals surface area contributed by atoms with Crippen molar-refractivity contribution in [3.8, 4) is 0 Å². The van der Waals surface area contributed by atoms with Gasteiger partial charge in [-0.3, -0.25) is 0 Å². The average Bonchev–Trinajstić information content (AvgIpc) is 0.872. The number of anilines is 5. The van der Waals surface area contributed by atoms with Gasteiger partial charge in [0.25, 0.3) is 0 Å². The van der Waals surface area contributed by atoms with E-state index >= 15 is 0 Å². The molecule has 0 bridgehead atoms. The number of nitrogens with zero attached hydrogens (tertiary/aromatic N) is 10. The van der Waals surface area contributed by atoms with E-state index in [0.29, 0.717) is 13.1 Å². The van der Waals surface area contributed by atoms with Crippen LogP contribution in [0.2, 0.25) is 0 Å². The number of aliphatic carboxylic acids is 2. The minimum atomic E-state index is -4.19. The van der Waals surface area contributed by atoms with Crippen LogP contribution in [0.1, 0.15) is 69.7 Å². The molecule has 10 aromatic rings. The van der Waals surface area contributed by atoms with Gasteiger partial charge in [-0.1, -0.05) is 97.1 Å². The van der Waals surface area contributed by atoms with E-state index in [1.165, 1.54) is 0 Å². The fourth-order valence-corrected chi connectivity index (χ4v) is 11.8. The topological polar surface area (TPSA) is 271 Å². The molecule has 0 saturated carbocycles. The molecule has 3 radical (unpaired) electrons. The maximum Gasteiger partial charge on any atom is 0.205 e. The van der Waals surface area contributed by atoms with E-state index in [2.05, 4.69) is 71.6 Å². The van der Waals surface area contributed by atoms with Gasteiger partial charge in [0.2, 0.25) is 11.4 Å². The Labute approximate surface area is 769 Å². The first-order chi connectivity index (χ1) is 53.6. The van der Waals surface area contributed by atoms with Gasteiger partial charge in [0.15, 0.2) is 49.6 Å². The van der Waals surface area contributed by atoms with Crippen molar-refractivity contribution in [3.63, 3.8) is 0 Å². The van der Waals surface area contributed by atoms with Crippen LogP contribution in [0, 0.1) is 14.9 Å². The second-order valence-electron chi connectivity index (χ2n) is 26.1. The Bertz CT molecular complexity index is 4660. The summed E-state index contributed by atoms with van der Waals surface area (Å²) in [6.45, 7) is 7.36. The molecular weight excluding hydrogens is 1740 g/mol. The molecule has 0 aliphatic carbocycles. The van der Waals surface area contributed by atoms with Crippen LogP contribution in [0.5, 0.6) is 0 Å². The second kappa shape index (κ2) is 56.6. The number of likely N-dealkylation sites (N-methyl/N-ethyl adjacent to an activating group) is 2. The number of carbonyl (C=O) groups excluding carboxylic acids is 2. The Kier molecular flexibility index (Phi) is 51.4. The number of rotatable bonds is 31. The summed E-state index contributed by atoms with van der Waals surface area (Å²) in [4.78, 5) is 29.9. The standard InChI is InChI=1S/2C18H22N2O3S.C18H23N2O2.2C17H18N2O2.2CH3.3Y/c2*1-3-20-13-5-4-6-18(20)12-9-16-7-10-17(11-8-16)19(2)14-15-24(21,22)23;1-19-10-8-17(9-11-19)3-2-16-4-6-18(7-5-16)20(12-14-21)13-15-22;2*1-18-11-9-15(10-12-18)4-3-14-5-7-16(8-6-14)19(2)13-17(20)21;;;;;/h2*4-13H,3,14-15H2,1-2H3;2-11,21-22H,12-15H2,1H3;2*3-12H,13H2,1-2H3;2*1H3;;;/q;;+1;;;2*+1;;;. The van der Waals surface area contributed by atoms with Crippen molar-refractivity contribution < 1.29 is 177 Å². The fraction of sp³-hybridized carbons (Fsp3) is 0.233. The summed E-state index contributed by atoms with van der Waals surface area (Å²) in [5.41, 5.74) is 15.5. The quantitative estimate of drug-likeness (QED) is 0.0234. The van der Waals surface area contributed by atoms with E-state index in [0.717, 1.165) is 97.4 Å². The van der Waals surface area contributed by atoms with Crippen LogP contribution in [-0.4, -0.2) is 140 Å². The Morgan fingerprint density at radius 3 is 0.803 bits per heavy atom. The predicted molar refractivity (Wildman–Crippen MR) is 456 cm³/mol. The molecule has 2 N–H and O–H groups in total. The zero-order chi connectivity index (χ0) is 81.4. The molecule has 117 heavy (non-hydrogen) atoms. The summed E-state index contributed by atoms with van der Waals surface area (Å²) in [7, 11) is 4.58. The summed E-state index contributed by atoms with van der Waals surface area (Å²) in [5.74, 6) is -2.95. The molecular formula is C90H109N10O12S2Y3+3. The van der Waals surface area contributed by atoms with Crippen molar-refractivity contribution in [2.45, 2.75) is 26.9 Å². The van der Waals surface area contributed by atoms with Crippen molar-refractivity contribution >= 4 is 121 Å². The largest absolute Gasteiger partial charge is 0.748 e. The first kappa shape index (κ1) is 106. The first-order valence-electron chi connectivity index (χ1n) is 36.4. The first-order valence-corrected chi connectivity index (χ1v) is 39.6. The Hall–Kier alpha value is -8.72.